The smallest absolute Gasteiger partial charge is 0.319 e. The van der Waals surface area contributed by atoms with Gasteiger partial charge in [0.25, 0.3) is 0 Å². The Labute approximate surface area is 84.6 Å². The fraction of sp³-hybridized carbons (Fsp3) is 0.222. The van der Waals surface area contributed by atoms with Gasteiger partial charge in [0.2, 0.25) is 0 Å². The third kappa shape index (κ3) is 1.54. The monoisotopic (exact) mass is 240 g/mol. The molecule has 0 saturated carbocycles. The van der Waals surface area contributed by atoms with Crippen LogP contribution in [0.3, 0.4) is 0 Å². The first-order valence-corrected chi connectivity index (χ1v) is 4.83. The molecule has 2 rings (SSSR count). The van der Waals surface area contributed by atoms with E-state index in [-0.39, 0.29) is 12.1 Å². The lowest BCUT2D eigenvalue weighted by Crippen LogP contribution is -2.36. The predicted octanol–water partition coefficient (Wildman–Crippen LogP) is 2.65. The van der Waals surface area contributed by atoms with Crippen LogP contribution in [-0.4, -0.2) is 6.03 Å². The van der Waals surface area contributed by atoms with Crippen LogP contribution in [0.1, 0.15) is 18.5 Å². The van der Waals surface area contributed by atoms with Crippen molar-refractivity contribution in [1.82, 2.24) is 5.32 Å². The molecule has 1 aliphatic heterocycles. The quantitative estimate of drug-likeness (QED) is 0.720. The minimum absolute atomic E-state index is 0.0706. The van der Waals surface area contributed by atoms with E-state index in [1.807, 2.05) is 25.1 Å². The van der Waals surface area contributed by atoms with E-state index in [1.165, 1.54) is 0 Å². The van der Waals surface area contributed by atoms with Gasteiger partial charge in [-0.25, -0.2) is 4.79 Å². The third-order valence-electron chi connectivity index (χ3n) is 2.08. The Balaban J connectivity index is 2.49. The maximum Gasteiger partial charge on any atom is 0.319 e. The predicted molar refractivity (Wildman–Crippen MR) is 54.7 cm³/mol. The molecule has 2 amide bonds. The summed E-state index contributed by atoms with van der Waals surface area (Å²) in [6, 6.07) is 5.75. The molecule has 13 heavy (non-hydrogen) atoms. The van der Waals surface area contributed by atoms with Crippen LogP contribution in [0.5, 0.6) is 0 Å². The molecule has 0 spiro atoms. The summed E-state index contributed by atoms with van der Waals surface area (Å²) in [4.78, 5) is 11.1. The van der Waals surface area contributed by atoms with Crippen LogP contribution in [-0.2, 0) is 0 Å². The zero-order valence-electron chi connectivity index (χ0n) is 7.10. The lowest BCUT2D eigenvalue weighted by molar-refractivity contribution is 0.248. The fourth-order valence-electron chi connectivity index (χ4n) is 1.44. The van der Waals surface area contributed by atoms with Gasteiger partial charge in [0.05, 0.1) is 6.04 Å². The van der Waals surface area contributed by atoms with Crippen molar-refractivity contribution in [3.63, 3.8) is 0 Å². The Bertz CT molecular complexity index is 365. The first kappa shape index (κ1) is 8.56. The van der Waals surface area contributed by atoms with Gasteiger partial charge in [-0.15, -0.1) is 0 Å². The molecule has 4 heteroatoms. The second-order valence-electron chi connectivity index (χ2n) is 3.05. The van der Waals surface area contributed by atoms with Crippen LogP contribution in [0, 0.1) is 0 Å². The van der Waals surface area contributed by atoms with Crippen molar-refractivity contribution in [2.24, 2.45) is 0 Å². The molecule has 68 valence electrons. The summed E-state index contributed by atoms with van der Waals surface area (Å²) in [6.07, 6.45) is 0. The highest BCUT2D eigenvalue weighted by Crippen LogP contribution is 2.29. The van der Waals surface area contributed by atoms with Crippen molar-refractivity contribution in [2.45, 2.75) is 13.0 Å². The van der Waals surface area contributed by atoms with E-state index in [2.05, 4.69) is 26.6 Å². The van der Waals surface area contributed by atoms with E-state index in [9.17, 15) is 4.79 Å². The maximum atomic E-state index is 11.1. The zero-order valence-corrected chi connectivity index (χ0v) is 8.68. The summed E-state index contributed by atoms with van der Waals surface area (Å²) in [7, 11) is 0. The largest absolute Gasteiger partial charge is 0.331 e. The average Bonchev–Trinajstić information content (AvgIpc) is 2.06. The maximum absolute atomic E-state index is 11.1. The molecule has 1 unspecified atom stereocenters. The van der Waals surface area contributed by atoms with Crippen LogP contribution in [0.4, 0.5) is 10.5 Å². The first-order chi connectivity index (χ1) is 6.16. The van der Waals surface area contributed by atoms with Gasteiger partial charge in [0, 0.05) is 10.2 Å². The van der Waals surface area contributed by atoms with E-state index in [1.54, 1.807) is 0 Å². The molecule has 2 N–H and O–H groups in total. The van der Waals surface area contributed by atoms with Gasteiger partial charge in [-0.3, -0.25) is 0 Å². The van der Waals surface area contributed by atoms with Gasteiger partial charge < -0.3 is 10.6 Å². The number of amides is 2. The van der Waals surface area contributed by atoms with Crippen molar-refractivity contribution in [2.75, 3.05) is 5.32 Å². The first-order valence-electron chi connectivity index (χ1n) is 4.04. The normalized spacial score (nSPS) is 20.2. The number of carbonyl (C=O) groups is 1. The Morgan fingerprint density at radius 2 is 2.23 bits per heavy atom. The summed E-state index contributed by atoms with van der Waals surface area (Å²) >= 11 is 3.39. The summed E-state index contributed by atoms with van der Waals surface area (Å²) < 4.78 is 1.02. The summed E-state index contributed by atoms with van der Waals surface area (Å²) in [6.45, 7) is 1.96. The fourth-order valence-corrected chi connectivity index (χ4v) is 1.82. The number of halogens is 1. The highest BCUT2D eigenvalue weighted by molar-refractivity contribution is 9.10. The number of hydrogen-bond donors (Lipinski definition) is 2. The second-order valence-corrected chi connectivity index (χ2v) is 3.97. The summed E-state index contributed by atoms with van der Waals surface area (Å²) in [5.74, 6) is 0. The Morgan fingerprint density at radius 3 is 3.00 bits per heavy atom. The highest BCUT2D eigenvalue weighted by Gasteiger charge is 2.19. The molecule has 0 aromatic heterocycles. The van der Waals surface area contributed by atoms with Crippen LogP contribution in [0.15, 0.2) is 22.7 Å². The van der Waals surface area contributed by atoms with E-state index in [4.69, 9.17) is 0 Å². The van der Waals surface area contributed by atoms with Crippen LogP contribution >= 0.6 is 15.9 Å². The number of nitrogens with one attached hydrogen (secondary N) is 2. The highest BCUT2D eigenvalue weighted by atomic mass is 79.9. The van der Waals surface area contributed by atoms with Crippen LogP contribution < -0.4 is 10.6 Å². The van der Waals surface area contributed by atoms with Crippen molar-refractivity contribution in [3.8, 4) is 0 Å². The van der Waals surface area contributed by atoms with Gasteiger partial charge in [0.15, 0.2) is 0 Å². The molecular weight excluding hydrogens is 232 g/mol. The molecule has 1 atom stereocenters. The average molecular weight is 241 g/mol. The number of anilines is 1. The third-order valence-corrected chi connectivity index (χ3v) is 2.57. The molecule has 0 saturated heterocycles. The number of urea groups is 1. The Morgan fingerprint density at radius 1 is 1.46 bits per heavy atom. The van der Waals surface area contributed by atoms with Gasteiger partial charge in [-0.05, 0) is 30.7 Å². The summed E-state index contributed by atoms with van der Waals surface area (Å²) in [5.41, 5.74) is 1.99. The lowest BCUT2D eigenvalue weighted by Gasteiger charge is -2.24. The van der Waals surface area contributed by atoms with E-state index in [0.717, 1.165) is 15.7 Å². The van der Waals surface area contributed by atoms with E-state index in [0.29, 0.717) is 0 Å². The SMILES string of the molecule is CC1NC(=O)Nc2ccc(Br)cc21. The van der Waals surface area contributed by atoms with Gasteiger partial charge in [-0.1, -0.05) is 15.9 Å². The van der Waals surface area contributed by atoms with E-state index >= 15 is 0 Å². The van der Waals surface area contributed by atoms with E-state index < -0.39 is 0 Å². The van der Waals surface area contributed by atoms with Gasteiger partial charge in [-0.2, -0.15) is 0 Å². The van der Waals surface area contributed by atoms with Gasteiger partial charge >= 0.3 is 6.03 Å². The lowest BCUT2D eigenvalue weighted by atomic mass is 10.0. The molecule has 0 aliphatic carbocycles. The van der Waals surface area contributed by atoms with Crippen molar-refractivity contribution >= 4 is 27.6 Å². The molecule has 1 heterocycles. The van der Waals surface area contributed by atoms with Crippen molar-refractivity contribution in [1.29, 1.82) is 0 Å². The van der Waals surface area contributed by atoms with Gasteiger partial charge in [0.1, 0.15) is 0 Å². The molecule has 3 nitrogen and oxygen atoms in total. The molecular formula is C9H9BrN2O. The number of hydrogen-bond acceptors (Lipinski definition) is 1. The number of rotatable bonds is 0. The topological polar surface area (TPSA) is 41.1 Å². The second kappa shape index (κ2) is 3.03. The number of carbonyl (C=O) groups excluding carboxylic acids is 1. The minimum atomic E-state index is -0.137. The molecule has 0 fully saturated rings. The molecule has 1 aromatic carbocycles. The Hall–Kier alpha value is -1.03. The molecule has 0 bridgehead atoms. The standard InChI is InChI=1S/C9H9BrN2O/c1-5-7-4-6(10)2-3-8(7)12-9(13)11-5/h2-5H,1H3,(H2,11,12,13). The molecule has 1 aromatic rings. The molecule has 0 radical (unpaired) electrons. The number of fused-ring (bicyclic) bond motifs is 1. The van der Waals surface area contributed by atoms with Crippen LogP contribution in [0.2, 0.25) is 0 Å². The van der Waals surface area contributed by atoms with Crippen LogP contribution in [0.25, 0.3) is 0 Å². The molecule has 1 aliphatic rings. The summed E-state index contributed by atoms with van der Waals surface area (Å²) in [5, 5.41) is 5.54. The zero-order chi connectivity index (χ0) is 9.42. The number of benzene rings is 1. The Kier molecular flexibility index (Phi) is 2.00. The van der Waals surface area contributed by atoms with Crippen molar-refractivity contribution < 1.29 is 4.79 Å². The van der Waals surface area contributed by atoms with Crippen molar-refractivity contribution in [3.05, 3.63) is 28.2 Å². The minimum Gasteiger partial charge on any atom is -0.331 e.